The van der Waals surface area contributed by atoms with E-state index in [4.69, 9.17) is 0 Å². The first-order valence-corrected chi connectivity index (χ1v) is 2.24. The normalized spacial score (nSPS) is 6.78. The van der Waals surface area contributed by atoms with Gasteiger partial charge in [-0.15, -0.1) is 0 Å². The van der Waals surface area contributed by atoms with Gasteiger partial charge in [0.05, 0.1) is 0 Å². The van der Waals surface area contributed by atoms with Crippen molar-refractivity contribution in [2.24, 2.45) is 0 Å². The topological polar surface area (TPSA) is 0 Å². The van der Waals surface area contributed by atoms with Crippen LogP contribution in [0.5, 0.6) is 0 Å². The van der Waals surface area contributed by atoms with Crippen LogP contribution in [0, 0.1) is 19.1 Å². The number of aryl methyl sites for hydroxylation is 1. The molecule has 0 aliphatic carbocycles. The maximum absolute atomic E-state index is 2.98. The summed E-state index contributed by atoms with van der Waals surface area (Å²) >= 11 is 0. The van der Waals surface area contributed by atoms with E-state index >= 15 is 0 Å². The van der Waals surface area contributed by atoms with E-state index in [0.29, 0.717) is 0 Å². The fourth-order valence-electron chi connectivity index (χ4n) is 0.436. The third-order valence-electron chi connectivity index (χ3n) is 0.792. The predicted molar refractivity (Wildman–Crippen MR) is 28.9 cm³/mol. The van der Waals surface area contributed by atoms with E-state index in [2.05, 4.69) is 12.1 Å². The Labute approximate surface area is 107 Å². The molecule has 0 heterocycles. The second-order valence-electron chi connectivity index (χ2n) is 1.44. The standard InChI is InChI=1S/C7H6.2Y/c1-7-5-3-2-4-6-7;;/h2-4H,1H3;;/q-2;;. The summed E-state index contributed by atoms with van der Waals surface area (Å²) < 4.78 is 0. The third kappa shape index (κ3) is 5.85. The molecule has 1 aromatic rings. The van der Waals surface area contributed by atoms with Gasteiger partial charge in [-0.2, -0.15) is 0 Å². The Morgan fingerprint density at radius 1 is 1.11 bits per heavy atom. The molecule has 2 heteroatoms. The maximum atomic E-state index is 2.98. The first kappa shape index (κ1) is 13.0. The van der Waals surface area contributed by atoms with Crippen LogP contribution in [0.2, 0.25) is 0 Å². The molecule has 0 aliphatic rings. The van der Waals surface area contributed by atoms with Crippen molar-refractivity contribution in [2.45, 2.75) is 6.92 Å². The van der Waals surface area contributed by atoms with Crippen LogP contribution in [0.15, 0.2) is 18.2 Å². The molecule has 9 heavy (non-hydrogen) atoms. The van der Waals surface area contributed by atoms with E-state index in [1.54, 1.807) is 0 Å². The summed E-state index contributed by atoms with van der Waals surface area (Å²) in [6.45, 7) is 1.97. The minimum atomic E-state index is 0. The summed E-state index contributed by atoms with van der Waals surface area (Å²) in [6, 6.07) is 11.6. The van der Waals surface area contributed by atoms with Gasteiger partial charge >= 0.3 is 0 Å². The van der Waals surface area contributed by atoms with Crippen molar-refractivity contribution in [3.63, 3.8) is 0 Å². The van der Waals surface area contributed by atoms with Crippen LogP contribution in [0.1, 0.15) is 5.56 Å². The summed E-state index contributed by atoms with van der Waals surface area (Å²) in [4.78, 5) is 0. The first-order valence-electron chi connectivity index (χ1n) is 2.24. The molecule has 2 radical (unpaired) electrons. The predicted octanol–water partition coefficient (Wildman–Crippen LogP) is 1.59. The smallest absolute Gasteiger partial charge is 0 e. The van der Waals surface area contributed by atoms with Crippen molar-refractivity contribution in [3.05, 3.63) is 35.9 Å². The van der Waals surface area contributed by atoms with Crippen molar-refractivity contribution >= 4 is 0 Å². The fraction of sp³-hybridized carbons (Fsp3) is 0.143. The van der Waals surface area contributed by atoms with Gasteiger partial charge in [0.25, 0.3) is 0 Å². The molecule has 0 amide bonds. The third-order valence-corrected chi connectivity index (χ3v) is 0.792. The zero-order chi connectivity index (χ0) is 5.11. The van der Waals surface area contributed by atoms with Crippen LogP contribution in [0.4, 0.5) is 0 Å². The van der Waals surface area contributed by atoms with Crippen LogP contribution in [-0.4, -0.2) is 0 Å². The van der Waals surface area contributed by atoms with E-state index in [9.17, 15) is 0 Å². The summed E-state index contributed by atoms with van der Waals surface area (Å²) in [5.41, 5.74) is 1.07. The molecule has 0 bridgehead atoms. The number of hydrogen-bond acceptors (Lipinski definition) is 0. The molecule has 0 atom stereocenters. The van der Waals surface area contributed by atoms with Crippen molar-refractivity contribution in [1.82, 2.24) is 0 Å². The molecule has 0 aliphatic heterocycles. The monoisotopic (exact) mass is 268 g/mol. The Hall–Kier alpha value is 1.43. The fourth-order valence-corrected chi connectivity index (χ4v) is 0.436. The van der Waals surface area contributed by atoms with Crippen molar-refractivity contribution in [3.8, 4) is 0 Å². The Kier molecular flexibility index (Phi) is 10.9. The van der Waals surface area contributed by atoms with Gasteiger partial charge < -0.3 is 12.1 Å². The van der Waals surface area contributed by atoms with Gasteiger partial charge in [-0.25, -0.2) is 0 Å². The summed E-state index contributed by atoms with van der Waals surface area (Å²) in [5.74, 6) is 0. The van der Waals surface area contributed by atoms with Crippen LogP contribution in [-0.2, 0) is 65.4 Å². The van der Waals surface area contributed by atoms with Gasteiger partial charge in [0.1, 0.15) is 0 Å². The van der Waals surface area contributed by atoms with Crippen LogP contribution < -0.4 is 0 Å². The number of hydrogen-bond donors (Lipinski definition) is 0. The Bertz CT molecular complexity index is 137. The van der Waals surface area contributed by atoms with Crippen molar-refractivity contribution < 1.29 is 65.4 Å². The molecule has 42 valence electrons. The van der Waals surface area contributed by atoms with Gasteiger partial charge in [0.2, 0.25) is 0 Å². The Morgan fingerprint density at radius 3 is 1.78 bits per heavy atom. The Morgan fingerprint density at radius 2 is 1.56 bits per heavy atom. The van der Waals surface area contributed by atoms with E-state index < -0.39 is 0 Å². The molecular formula is C7H6Y2-2. The molecule has 0 N–H and O–H groups in total. The van der Waals surface area contributed by atoms with Gasteiger partial charge in [0.15, 0.2) is 0 Å². The summed E-state index contributed by atoms with van der Waals surface area (Å²) in [5, 5.41) is 0. The van der Waals surface area contributed by atoms with E-state index in [0.717, 1.165) is 5.56 Å². The molecule has 0 fully saturated rings. The van der Waals surface area contributed by atoms with E-state index in [1.807, 2.05) is 25.1 Å². The molecule has 1 rings (SSSR count). The second kappa shape index (κ2) is 7.53. The van der Waals surface area contributed by atoms with Crippen LogP contribution >= 0.6 is 0 Å². The maximum Gasteiger partial charge on any atom is 0 e. The van der Waals surface area contributed by atoms with E-state index in [1.165, 1.54) is 0 Å². The van der Waals surface area contributed by atoms with Gasteiger partial charge in [-0.1, -0.05) is 6.92 Å². The molecule has 0 spiro atoms. The molecule has 0 saturated carbocycles. The average Bonchev–Trinajstić information content (AvgIpc) is 1.69. The molecule has 0 saturated heterocycles. The van der Waals surface area contributed by atoms with Gasteiger partial charge in [-0.05, 0) is 0 Å². The minimum absolute atomic E-state index is 0. The van der Waals surface area contributed by atoms with Crippen LogP contribution in [0.3, 0.4) is 0 Å². The zero-order valence-electron chi connectivity index (χ0n) is 5.39. The Balaban J connectivity index is 0. The summed E-state index contributed by atoms with van der Waals surface area (Å²) in [6.07, 6.45) is 0. The molecule has 1 aromatic carbocycles. The van der Waals surface area contributed by atoms with Crippen molar-refractivity contribution in [2.75, 3.05) is 0 Å². The summed E-state index contributed by atoms with van der Waals surface area (Å²) in [7, 11) is 0. The zero-order valence-corrected chi connectivity index (χ0v) is 11.1. The van der Waals surface area contributed by atoms with Gasteiger partial charge in [-0.3, -0.25) is 23.8 Å². The van der Waals surface area contributed by atoms with Crippen molar-refractivity contribution in [1.29, 1.82) is 0 Å². The quantitative estimate of drug-likeness (QED) is 0.627. The van der Waals surface area contributed by atoms with Gasteiger partial charge in [0, 0.05) is 65.4 Å². The molecule has 0 nitrogen and oxygen atoms in total. The number of rotatable bonds is 0. The molecular weight excluding hydrogens is 262 g/mol. The number of benzene rings is 1. The average molecular weight is 268 g/mol. The largest absolute Gasteiger partial charge is 0.356 e. The molecule has 0 aromatic heterocycles. The van der Waals surface area contributed by atoms with Crippen LogP contribution in [0.25, 0.3) is 0 Å². The first-order chi connectivity index (χ1) is 3.39. The minimum Gasteiger partial charge on any atom is -0.356 e. The SMILES string of the molecule is Cc1[c-]ccc[c-]1.[Y].[Y]. The van der Waals surface area contributed by atoms with E-state index in [-0.39, 0.29) is 65.4 Å². The second-order valence-corrected chi connectivity index (χ2v) is 1.44. The molecule has 0 unspecified atom stereocenters.